The number of fused-ring (bicyclic) bond motifs is 7. The highest BCUT2D eigenvalue weighted by molar-refractivity contribution is 6.29. The Morgan fingerprint density at radius 2 is 1.40 bits per heavy atom. The molecule has 1 heteroatoms. The second-order valence-corrected chi connectivity index (χ2v) is 5.62. The van der Waals surface area contributed by atoms with Gasteiger partial charge in [-0.25, -0.2) is 0 Å². The molecule has 4 aromatic carbocycles. The lowest BCUT2D eigenvalue weighted by Crippen LogP contribution is -1.80. The highest BCUT2D eigenvalue weighted by Gasteiger charge is 2.24. The summed E-state index contributed by atoms with van der Waals surface area (Å²) in [5.41, 5.74) is 3.97. The molecule has 94 valence electrons. The quantitative estimate of drug-likeness (QED) is 0.220. The molecule has 1 aliphatic rings. The third-order valence-corrected chi connectivity index (χ3v) is 4.40. The summed E-state index contributed by atoms with van der Waals surface area (Å²) in [6.07, 6.45) is 0. The summed E-state index contributed by atoms with van der Waals surface area (Å²) < 4.78 is 0. The molecule has 0 unspecified atom stereocenters. The van der Waals surface area contributed by atoms with Gasteiger partial charge in [0.05, 0.1) is 11.4 Å². The van der Waals surface area contributed by atoms with Crippen molar-refractivity contribution in [2.24, 2.45) is 0 Å². The van der Waals surface area contributed by atoms with E-state index in [9.17, 15) is 0 Å². The fourth-order valence-electron chi connectivity index (χ4n) is 3.39. The van der Waals surface area contributed by atoms with Gasteiger partial charge in [0, 0.05) is 10.8 Å². The van der Waals surface area contributed by atoms with Gasteiger partial charge in [0.15, 0.2) is 0 Å². The third-order valence-electron chi connectivity index (χ3n) is 4.40. The number of benzene rings is 4. The van der Waals surface area contributed by atoms with Crippen LogP contribution in [0.2, 0.25) is 0 Å². The van der Waals surface area contributed by atoms with E-state index in [0.717, 1.165) is 0 Å². The predicted molar refractivity (Wildman–Crippen MR) is 87.0 cm³/mol. The third kappa shape index (κ3) is 1.17. The average Bonchev–Trinajstić information content (AvgIpc) is 3.26. The molecule has 0 amide bonds. The molecule has 20 heavy (non-hydrogen) atoms. The van der Waals surface area contributed by atoms with Gasteiger partial charge in [-0.2, -0.15) is 0 Å². The van der Waals surface area contributed by atoms with Gasteiger partial charge < -0.3 is 5.32 Å². The maximum Gasteiger partial charge on any atom is 0.0710 e. The standard InChI is InChI=1S/C19H13N/c1-11-5-4-8-14-17(11)15-9-12-6-2-3-7-13(12)10-16(15)19-18(14)20-19/h2-10,20H,1H3. The molecule has 0 saturated heterocycles. The van der Waals surface area contributed by atoms with Gasteiger partial charge in [0.2, 0.25) is 0 Å². The van der Waals surface area contributed by atoms with Crippen LogP contribution in [0.15, 0.2) is 54.6 Å². The Morgan fingerprint density at radius 3 is 2.20 bits per heavy atom. The molecule has 0 atom stereocenters. The molecule has 1 heterocycles. The molecule has 0 fully saturated rings. The van der Waals surface area contributed by atoms with Crippen molar-refractivity contribution in [2.45, 2.75) is 6.92 Å². The normalized spacial score (nSPS) is 12.7. The summed E-state index contributed by atoms with van der Waals surface area (Å²) in [5, 5.41) is 11.5. The second-order valence-electron chi connectivity index (χ2n) is 5.62. The van der Waals surface area contributed by atoms with Crippen molar-refractivity contribution < 1.29 is 0 Å². The lowest BCUT2D eigenvalue weighted by Gasteiger charge is -2.07. The zero-order chi connectivity index (χ0) is 13.3. The maximum atomic E-state index is 3.47. The van der Waals surface area contributed by atoms with Crippen molar-refractivity contribution in [1.29, 1.82) is 0 Å². The Balaban J connectivity index is 2.12. The van der Waals surface area contributed by atoms with Crippen LogP contribution >= 0.6 is 0 Å². The first-order valence-corrected chi connectivity index (χ1v) is 6.98. The van der Waals surface area contributed by atoms with Crippen LogP contribution in [0.5, 0.6) is 0 Å². The summed E-state index contributed by atoms with van der Waals surface area (Å²) in [4.78, 5) is 0. The fourth-order valence-corrected chi connectivity index (χ4v) is 3.39. The highest BCUT2D eigenvalue weighted by Crippen LogP contribution is 2.52. The van der Waals surface area contributed by atoms with E-state index in [1.807, 2.05) is 0 Å². The van der Waals surface area contributed by atoms with Gasteiger partial charge in [-0.15, -0.1) is 0 Å². The summed E-state index contributed by atoms with van der Waals surface area (Å²) in [5.74, 6) is 0. The molecule has 0 radical (unpaired) electrons. The van der Waals surface area contributed by atoms with E-state index < -0.39 is 0 Å². The molecule has 1 aliphatic heterocycles. The van der Waals surface area contributed by atoms with Crippen LogP contribution < -0.4 is 5.32 Å². The van der Waals surface area contributed by atoms with E-state index in [1.165, 1.54) is 49.3 Å². The van der Waals surface area contributed by atoms with E-state index >= 15 is 0 Å². The van der Waals surface area contributed by atoms with Crippen molar-refractivity contribution in [3.8, 4) is 0 Å². The SMILES string of the molecule is Cc1cccc2c3c(c4cc5ccccc5cc4c12)N3. The topological polar surface area (TPSA) is 21.9 Å². The first-order chi connectivity index (χ1) is 9.83. The van der Waals surface area contributed by atoms with E-state index in [0.29, 0.717) is 0 Å². The summed E-state index contributed by atoms with van der Waals surface area (Å²) in [7, 11) is 0. The molecular formula is C19H13N. The smallest absolute Gasteiger partial charge is 0.0710 e. The minimum atomic E-state index is 1.31. The Morgan fingerprint density at radius 1 is 0.700 bits per heavy atom. The van der Waals surface area contributed by atoms with Crippen LogP contribution in [0, 0.1) is 6.92 Å². The molecule has 1 nitrogen and oxygen atoms in total. The van der Waals surface area contributed by atoms with Crippen LogP contribution in [0.4, 0.5) is 11.4 Å². The van der Waals surface area contributed by atoms with E-state index in [4.69, 9.17) is 0 Å². The van der Waals surface area contributed by atoms with E-state index in [-0.39, 0.29) is 0 Å². The largest absolute Gasteiger partial charge is 0.351 e. The first-order valence-electron chi connectivity index (χ1n) is 6.98. The zero-order valence-electron chi connectivity index (χ0n) is 11.2. The van der Waals surface area contributed by atoms with Crippen LogP contribution in [0.3, 0.4) is 0 Å². The minimum Gasteiger partial charge on any atom is -0.351 e. The predicted octanol–water partition coefficient (Wildman–Crippen LogP) is 5.51. The van der Waals surface area contributed by atoms with Crippen molar-refractivity contribution >= 4 is 43.7 Å². The molecule has 0 saturated carbocycles. The van der Waals surface area contributed by atoms with Gasteiger partial charge in [0.1, 0.15) is 0 Å². The Labute approximate surface area is 116 Å². The van der Waals surface area contributed by atoms with Crippen molar-refractivity contribution in [3.05, 3.63) is 60.2 Å². The van der Waals surface area contributed by atoms with Gasteiger partial charge in [0.25, 0.3) is 0 Å². The molecule has 0 bridgehead atoms. The molecule has 0 spiro atoms. The Kier molecular flexibility index (Phi) is 1.70. The number of rotatable bonds is 0. The molecule has 0 aliphatic carbocycles. The molecular weight excluding hydrogens is 242 g/mol. The molecule has 4 aromatic rings. The minimum absolute atomic E-state index is 1.31. The van der Waals surface area contributed by atoms with E-state index in [2.05, 4.69) is 66.8 Å². The average molecular weight is 255 g/mol. The summed E-state index contributed by atoms with van der Waals surface area (Å²) >= 11 is 0. The van der Waals surface area contributed by atoms with Crippen LogP contribution in [-0.2, 0) is 0 Å². The molecule has 0 aromatic heterocycles. The van der Waals surface area contributed by atoms with Crippen molar-refractivity contribution in [2.75, 3.05) is 5.32 Å². The number of nitrogens with one attached hydrogen (secondary N) is 1. The molecule has 5 rings (SSSR count). The van der Waals surface area contributed by atoms with Crippen molar-refractivity contribution in [3.63, 3.8) is 0 Å². The highest BCUT2D eigenvalue weighted by atomic mass is 15.0. The lowest BCUT2D eigenvalue weighted by molar-refractivity contribution is 1.55. The van der Waals surface area contributed by atoms with Crippen LogP contribution in [0.25, 0.3) is 32.3 Å². The van der Waals surface area contributed by atoms with Gasteiger partial charge >= 0.3 is 0 Å². The molecule has 1 N–H and O–H groups in total. The van der Waals surface area contributed by atoms with Crippen LogP contribution in [-0.4, -0.2) is 0 Å². The van der Waals surface area contributed by atoms with Crippen molar-refractivity contribution in [1.82, 2.24) is 0 Å². The Hall–Kier alpha value is -2.54. The number of hydrogen-bond donors (Lipinski definition) is 1. The Bertz CT molecular complexity index is 1030. The van der Waals surface area contributed by atoms with Gasteiger partial charge in [-0.3, -0.25) is 0 Å². The van der Waals surface area contributed by atoms with Crippen LogP contribution in [0.1, 0.15) is 5.56 Å². The van der Waals surface area contributed by atoms with Gasteiger partial charge in [-0.05, 0) is 46.2 Å². The number of aryl methyl sites for hydroxylation is 1. The summed E-state index contributed by atoms with van der Waals surface area (Å²) in [6.45, 7) is 2.20. The number of anilines is 2. The second kappa shape index (κ2) is 3.31. The maximum absolute atomic E-state index is 3.47. The fraction of sp³-hybridized carbons (Fsp3) is 0.0526. The lowest BCUT2D eigenvalue weighted by atomic mass is 9.96. The first kappa shape index (κ1) is 10.3. The van der Waals surface area contributed by atoms with Gasteiger partial charge in [-0.1, -0.05) is 42.5 Å². The summed E-state index contributed by atoms with van der Waals surface area (Å²) in [6, 6.07) is 19.8. The number of hydrogen-bond acceptors (Lipinski definition) is 1. The zero-order valence-corrected chi connectivity index (χ0v) is 11.2. The monoisotopic (exact) mass is 255 g/mol. The van der Waals surface area contributed by atoms with E-state index in [1.54, 1.807) is 0 Å².